The number of β-amino-alcohol motifs (C(OH)–C–C–N with tert-alkyl or cyclic N) is 1. The van der Waals surface area contributed by atoms with Crippen LogP contribution in [0.2, 0.25) is 0 Å². The highest BCUT2D eigenvalue weighted by molar-refractivity contribution is 5.99. The van der Waals surface area contributed by atoms with Gasteiger partial charge in [-0.15, -0.1) is 0 Å². The standard InChI is InChI=1S/C22H37N3O5/c1-19(2,3)12-20(4,5)24-17(28)15-22-9-8-21(6,30-22)13(16(27)23-7)14(22)18(29)25(15)10-11-26/h13-15,26H,8-12H2,1-7H3,(H,23,27)(H,24,28)/t13-,14-,15?,21+,22?/m0/s1. The van der Waals surface area contributed by atoms with Gasteiger partial charge in [0.15, 0.2) is 0 Å². The van der Waals surface area contributed by atoms with Gasteiger partial charge in [-0.3, -0.25) is 14.4 Å². The van der Waals surface area contributed by atoms with Gasteiger partial charge in [-0.05, 0) is 45.4 Å². The molecule has 2 unspecified atom stereocenters. The van der Waals surface area contributed by atoms with Crippen LogP contribution in [0.25, 0.3) is 0 Å². The maximum absolute atomic E-state index is 13.6. The summed E-state index contributed by atoms with van der Waals surface area (Å²) in [6, 6.07) is -0.863. The molecule has 30 heavy (non-hydrogen) atoms. The van der Waals surface area contributed by atoms with E-state index in [0.717, 1.165) is 6.42 Å². The van der Waals surface area contributed by atoms with E-state index in [0.29, 0.717) is 12.8 Å². The van der Waals surface area contributed by atoms with Crippen LogP contribution in [0.1, 0.15) is 60.8 Å². The molecule has 0 saturated carbocycles. The van der Waals surface area contributed by atoms with Gasteiger partial charge in [0.2, 0.25) is 17.7 Å². The number of nitrogens with one attached hydrogen (secondary N) is 2. The molecule has 2 bridgehead atoms. The molecule has 3 heterocycles. The number of carbonyl (C=O) groups excluding carboxylic acids is 3. The van der Waals surface area contributed by atoms with E-state index in [1.165, 1.54) is 4.90 Å². The van der Waals surface area contributed by atoms with E-state index < -0.39 is 34.6 Å². The fraction of sp³-hybridized carbons (Fsp3) is 0.864. The summed E-state index contributed by atoms with van der Waals surface area (Å²) in [5.41, 5.74) is -2.29. The number of likely N-dealkylation sites (tertiary alicyclic amines) is 1. The Labute approximate surface area is 179 Å². The van der Waals surface area contributed by atoms with Gasteiger partial charge < -0.3 is 25.4 Å². The summed E-state index contributed by atoms with van der Waals surface area (Å²) in [6.07, 6.45) is 1.90. The summed E-state index contributed by atoms with van der Waals surface area (Å²) < 4.78 is 6.44. The molecule has 3 aliphatic rings. The summed E-state index contributed by atoms with van der Waals surface area (Å²) in [4.78, 5) is 41.1. The van der Waals surface area contributed by atoms with Crippen LogP contribution < -0.4 is 10.6 Å². The van der Waals surface area contributed by atoms with Crippen molar-refractivity contribution in [1.29, 1.82) is 0 Å². The second-order valence-corrected chi connectivity index (χ2v) is 11.2. The first-order valence-corrected chi connectivity index (χ1v) is 10.9. The topological polar surface area (TPSA) is 108 Å². The number of ether oxygens (including phenoxy) is 1. The number of hydrogen-bond acceptors (Lipinski definition) is 5. The number of carbonyl (C=O) groups is 3. The Morgan fingerprint density at radius 2 is 1.83 bits per heavy atom. The largest absolute Gasteiger partial charge is 0.395 e. The Kier molecular flexibility index (Phi) is 5.51. The molecule has 1 spiro atoms. The van der Waals surface area contributed by atoms with Gasteiger partial charge in [-0.25, -0.2) is 0 Å². The molecule has 8 heteroatoms. The fourth-order valence-electron chi connectivity index (χ4n) is 6.40. The molecule has 3 aliphatic heterocycles. The molecule has 0 aromatic rings. The van der Waals surface area contributed by atoms with Crippen molar-refractivity contribution in [1.82, 2.24) is 15.5 Å². The Morgan fingerprint density at radius 3 is 2.37 bits per heavy atom. The lowest BCUT2D eigenvalue weighted by atomic mass is 9.66. The molecule has 3 saturated heterocycles. The minimum Gasteiger partial charge on any atom is -0.395 e. The van der Waals surface area contributed by atoms with E-state index in [9.17, 15) is 19.5 Å². The lowest BCUT2D eigenvalue weighted by Crippen LogP contribution is -2.59. The van der Waals surface area contributed by atoms with Crippen molar-refractivity contribution in [3.05, 3.63) is 0 Å². The van der Waals surface area contributed by atoms with Crippen LogP contribution in [-0.2, 0) is 19.1 Å². The molecular weight excluding hydrogens is 386 g/mol. The van der Waals surface area contributed by atoms with Crippen molar-refractivity contribution in [3.8, 4) is 0 Å². The molecule has 0 aromatic carbocycles. The number of amides is 3. The molecule has 3 N–H and O–H groups in total. The van der Waals surface area contributed by atoms with Crippen molar-refractivity contribution < 1.29 is 24.2 Å². The van der Waals surface area contributed by atoms with Crippen LogP contribution in [0, 0.1) is 17.3 Å². The number of fused-ring (bicyclic) bond motifs is 1. The molecule has 8 nitrogen and oxygen atoms in total. The normalized spacial score (nSPS) is 35.5. The average molecular weight is 424 g/mol. The number of aliphatic hydroxyl groups is 1. The molecule has 0 aliphatic carbocycles. The maximum atomic E-state index is 13.6. The summed E-state index contributed by atoms with van der Waals surface area (Å²) in [5.74, 6) is -2.17. The third-order valence-corrected chi connectivity index (χ3v) is 6.83. The third kappa shape index (κ3) is 3.51. The second-order valence-electron chi connectivity index (χ2n) is 11.2. The van der Waals surface area contributed by atoms with Crippen molar-refractivity contribution in [2.45, 2.75) is 83.6 Å². The first-order chi connectivity index (χ1) is 13.7. The number of nitrogens with zero attached hydrogens (tertiary/aromatic N) is 1. The second kappa shape index (κ2) is 7.19. The summed E-state index contributed by atoms with van der Waals surface area (Å²) >= 11 is 0. The fourth-order valence-corrected chi connectivity index (χ4v) is 6.40. The lowest BCUT2D eigenvalue weighted by molar-refractivity contribution is -0.147. The summed E-state index contributed by atoms with van der Waals surface area (Å²) in [6.45, 7) is 11.9. The van der Waals surface area contributed by atoms with E-state index >= 15 is 0 Å². The molecule has 5 atom stereocenters. The first-order valence-electron chi connectivity index (χ1n) is 10.9. The summed E-state index contributed by atoms with van der Waals surface area (Å²) in [5, 5.41) is 15.4. The predicted octanol–water partition coefficient (Wildman–Crippen LogP) is 0.820. The van der Waals surface area contributed by atoms with E-state index in [1.54, 1.807) is 7.05 Å². The molecule has 3 fully saturated rings. The maximum Gasteiger partial charge on any atom is 0.246 e. The predicted molar refractivity (Wildman–Crippen MR) is 111 cm³/mol. The van der Waals surface area contributed by atoms with E-state index in [4.69, 9.17) is 4.74 Å². The Bertz CT molecular complexity index is 746. The van der Waals surface area contributed by atoms with Crippen LogP contribution >= 0.6 is 0 Å². The van der Waals surface area contributed by atoms with Crippen LogP contribution in [0.3, 0.4) is 0 Å². The van der Waals surface area contributed by atoms with E-state index in [1.807, 2.05) is 20.8 Å². The van der Waals surface area contributed by atoms with Gasteiger partial charge in [-0.2, -0.15) is 0 Å². The lowest BCUT2D eigenvalue weighted by Gasteiger charge is -2.38. The number of aliphatic hydroxyl groups excluding tert-OH is 1. The number of rotatable bonds is 6. The minimum absolute atomic E-state index is 0.00792. The molecule has 170 valence electrons. The first kappa shape index (κ1) is 23.0. The molecule has 3 rings (SSSR count). The monoisotopic (exact) mass is 423 g/mol. The number of hydrogen-bond donors (Lipinski definition) is 3. The van der Waals surface area contributed by atoms with Crippen molar-refractivity contribution in [2.75, 3.05) is 20.2 Å². The van der Waals surface area contributed by atoms with Crippen LogP contribution in [0.15, 0.2) is 0 Å². The van der Waals surface area contributed by atoms with Gasteiger partial charge in [0.25, 0.3) is 0 Å². The van der Waals surface area contributed by atoms with E-state index in [2.05, 4.69) is 31.4 Å². The van der Waals surface area contributed by atoms with Crippen molar-refractivity contribution in [3.63, 3.8) is 0 Å². The summed E-state index contributed by atoms with van der Waals surface area (Å²) in [7, 11) is 1.55. The highest BCUT2D eigenvalue weighted by Crippen LogP contribution is 2.63. The van der Waals surface area contributed by atoms with Crippen LogP contribution in [0.4, 0.5) is 0 Å². The zero-order valence-electron chi connectivity index (χ0n) is 19.3. The van der Waals surface area contributed by atoms with Crippen LogP contribution in [-0.4, -0.2) is 70.7 Å². The van der Waals surface area contributed by atoms with Gasteiger partial charge in [0.05, 0.1) is 24.0 Å². The smallest absolute Gasteiger partial charge is 0.246 e. The molecular formula is C22H37N3O5. The highest BCUT2D eigenvalue weighted by Gasteiger charge is 2.77. The third-order valence-electron chi connectivity index (χ3n) is 6.83. The zero-order chi connectivity index (χ0) is 22.7. The quantitative estimate of drug-likeness (QED) is 0.586. The van der Waals surface area contributed by atoms with Crippen molar-refractivity contribution in [2.24, 2.45) is 17.3 Å². The van der Waals surface area contributed by atoms with Gasteiger partial charge >= 0.3 is 0 Å². The van der Waals surface area contributed by atoms with Crippen molar-refractivity contribution >= 4 is 17.7 Å². The molecule has 3 amide bonds. The van der Waals surface area contributed by atoms with Crippen LogP contribution in [0.5, 0.6) is 0 Å². The zero-order valence-corrected chi connectivity index (χ0v) is 19.3. The average Bonchev–Trinajstić information content (AvgIpc) is 3.13. The van der Waals surface area contributed by atoms with E-state index in [-0.39, 0.29) is 36.3 Å². The Hall–Kier alpha value is -1.67. The Morgan fingerprint density at radius 1 is 1.20 bits per heavy atom. The van der Waals surface area contributed by atoms with Gasteiger partial charge in [0.1, 0.15) is 11.6 Å². The molecule has 0 radical (unpaired) electrons. The van der Waals surface area contributed by atoms with Gasteiger partial charge in [0, 0.05) is 19.1 Å². The minimum atomic E-state index is -1.04. The van der Waals surface area contributed by atoms with Gasteiger partial charge in [-0.1, -0.05) is 20.8 Å². The SMILES string of the molecule is CNC(=O)[C@@H]1[C@H]2C(=O)N(CCO)C(C(=O)NC(C)(C)CC(C)(C)C)C23CC[C@@]1(C)O3. The highest BCUT2D eigenvalue weighted by atomic mass is 16.5. The molecule has 0 aromatic heterocycles. The Balaban J connectivity index is 1.98.